The smallest absolute Gasteiger partial charge is 0.327 e. The summed E-state index contributed by atoms with van der Waals surface area (Å²) in [6.07, 6.45) is 1.38. The van der Waals surface area contributed by atoms with E-state index in [4.69, 9.17) is 0 Å². The highest BCUT2D eigenvalue weighted by molar-refractivity contribution is 9.10. The first-order valence-corrected chi connectivity index (χ1v) is 5.48. The predicted octanol–water partition coefficient (Wildman–Crippen LogP) is 0.0655. The van der Waals surface area contributed by atoms with Gasteiger partial charge in [0.15, 0.2) is 5.65 Å². The van der Waals surface area contributed by atoms with E-state index in [0.29, 0.717) is 15.6 Å². The molecular formula is C9H9BrN4O3. The summed E-state index contributed by atoms with van der Waals surface area (Å²) >= 11 is 3.18. The molecule has 7 nitrogen and oxygen atoms in total. The van der Waals surface area contributed by atoms with Gasteiger partial charge in [0.05, 0.1) is 13.4 Å². The third-order valence-corrected chi connectivity index (χ3v) is 2.83. The topological polar surface area (TPSA) is 79.0 Å². The van der Waals surface area contributed by atoms with E-state index in [0.717, 1.165) is 0 Å². The second-order valence-corrected chi connectivity index (χ2v) is 4.13. The van der Waals surface area contributed by atoms with Crippen molar-refractivity contribution in [2.24, 2.45) is 7.05 Å². The molecule has 0 N–H and O–H groups in total. The summed E-state index contributed by atoms with van der Waals surface area (Å²) in [4.78, 5) is 27.1. The molecule has 0 unspecified atom stereocenters. The minimum Gasteiger partial charge on any atom is -0.468 e. The average Bonchev–Trinajstić information content (AvgIpc) is 2.61. The molecule has 0 aliphatic carbocycles. The molecule has 2 rings (SSSR count). The number of carbonyl (C=O) groups excluding carboxylic acids is 1. The maximum Gasteiger partial charge on any atom is 0.327 e. The summed E-state index contributed by atoms with van der Waals surface area (Å²) < 4.78 is 7.58. The number of esters is 1. The van der Waals surface area contributed by atoms with Crippen LogP contribution in [0.3, 0.4) is 0 Å². The van der Waals surface area contributed by atoms with Crippen LogP contribution in [-0.2, 0) is 23.1 Å². The first kappa shape index (κ1) is 11.8. The first-order chi connectivity index (χ1) is 8.04. The van der Waals surface area contributed by atoms with Crippen molar-refractivity contribution < 1.29 is 9.53 Å². The van der Waals surface area contributed by atoms with Crippen LogP contribution in [0.4, 0.5) is 0 Å². The maximum atomic E-state index is 11.8. The molecule has 0 bridgehead atoms. The van der Waals surface area contributed by atoms with Crippen molar-refractivity contribution in [2.45, 2.75) is 6.54 Å². The fraction of sp³-hybridized carbons (Fsp3) is 0.333. The van der Waals surface area contributed by atoms with Crippen molar-refractivity contribution in [2.75, 3.05) is 7.11 Å². The van der Waals surface area contributed by atoms with Gasteiger partial charge in [-0.05, 0) is 15.9 Å². The van der Waals surface area contributed by atoms with E-state index < -0.39 is 5.97 Å². The molecule has 0 aliphatic heterocycles. The minimum atomic E-state index is -0.454. The zero-order chi connectivity index (χ0) is 12.6. The van der Waals surface area contributed by atoms with Crippen LogP contribution in [0.25, 0.3) is 11.0 Å². The number of fused-ring (bicyclic) bond motifs is 1. The number of hydrogen-bond acceptors (Lipinski definition) is 5. The van der Waals surface area contributed by atoms with Gasteiger partial charge in [-0.1, -0.05) is 0 Å². The Labute approximate surface area is 104 Å². The maximum absolute atomic E-state index is 11.8. The lowest BCUT2D eigenvalue weighted by atomic mass is 10.4. The molecule has 8 heteroatoms. The molecule has 0 aliphatic rings. The molecule has 17 heavy (non-hydrogen) atoms. The number of aromatic nitrogens is 4. The lowest BCUT2D eigenvalue weighted by Gasteiger charge is -2.01. The van der Waals surface area contributed by atoms with Gasteiger partial charge in [-0.25, -0.2) is 9.67 Å². The number of ether oxygens (including phenoxy) is 1. The molecule has 0 saturated carbocycles. The van der Waals surface area contributed by atoms with E-state index >= 15 is 0 Å². The van der Waals surface area contributed by atoms with E-state index in [1.54, 1.807) is 7.05 Å². The first-order valence-electron chi connectivity index (χ1n) is 4.69. The zero-order valence-corrected chi connectivity index (χ0v) is 10.8. The van der Waals surface area contributed by atoms with E-state index in [2.05, 4.69) is 30.7 Å². The minimum absolute atomic E-state index is 0.0846. The van der Waals surface area contributed by atoms with Crippen LogP contribution in [0.1, 0.15) is 0 Å². The molecule has 0 aromatic carbocycles. The van der Waals surface area contributed by atoms with Crippen molar-refractivity contribution >= 4 is 32.9 Å². The summed E-state index contributed by atoms with van der Waals surface area (Å²) in [5, 5.41) is 4.38. The molecule has 0 saturated heterocycles. The SMILES string of the molecule is COC(=O)Cn1nc(Br)c2c(=O)n(C)cnc21. The summed E-state index contributed by atoms with van der Waals surface area (Å²) in [5.41, 5.74) is 0.128. The number of aryl methyl sites for hydroxylation is 1. The Bertz CT molecular complexity index is 645. The van der Waals surface area contributed by atoms with Crippen LogP contribution in [-0.4, -0.2) is 32.4 Å². The second-order valence-electron chi connectivity index (χ2n) is 3.38. The summed E-state index contributed by atoms with van der Waals surface area (Å²) in [5.74, 6) is -0.454. The number of rotatable bonds is 2. The van der Waals surface area contributed by atoms with Gasteiger partial charge in [0.1, 0.15) is 16.5 Å². The van der Waals surface area contributed by atoms with Crippen LogP contribution in [0, 0.1) is 0 Å². The van der Waals surface area contributed by atoms with Gasteiger partial charge < -0.3 is 9.30 Å². The number of hydrogen-bond donors (Lipinski definition) is 0. The normalized spacial score (nSPS) is 10.8. The molecule has 0 amide bonds. The monoisotopic (exact) mass is 300 g/mol. The van der Waals surface area contributed by atoms with Crippen molar-refractivity contribution in [1.82, 2.24) is 19.3 Å². The number of methoxy groups -OCH3 is 1. The highest BCUT2D eigenvalue weighted by Crippen LogP contribution is 2.17. The van der Waals surface area contributed by atoms with Crippen molar-refractivity contribution in [3.63, 3.8) is 0 Å². The molecular weight excluding hydrogens is 292 g/mol. The van der Waals surface area contributed by atoms with Crippen LogP contribution in [0.2, 0.25) is 0 Å². The summed E-state index contributed by atoms with van der Waals surface area (Å²) in [6, 6.07) is 0. The van der Waals surface area contributed by atoms with Crippen LogP contribution in [0.15, 0.2) is 15.7 Å². The fourth-order valence-electron chi connectivity index (χ4n) is 1.41. The van der Waals surface area contributed by atoms with E-state index in [1.807, 2.05) is 0 Å². The Hall–Kier alpha value is -1.70. The third kappa shape index (κ3) is 1.95. The van der Waals surface area contributed by atoms with Crippen molar-refractivity contribution in [1.29, 1.82) is 0 Å². The summed E-state index contributed by atoms with van der Waals surface area (Å²) in [6.45, 7) is -0.0846. The standard InChI is InChI=1S/C9H9BrN4O3/c1-13-4-11-8-6(9(13)16)7(10)12-14(8)3-5(15)17-2/h4H,3H2,1-2H3. The number of nitrogens with zero attached hydrogens (tertiary/aromatic N) is 4. The Morgan fingerprint density at radius 1 is 1.59 bits per heavy atom. The van der Waals surface area contributed by atoms with Gasteiger partial charge in [-0.3, -0.25) is 9.59 Å². The molecule has 2 aromatic heterocycles. The Morgan fingerprint density at radius 3 is 2.94 bits per heavy atom. The molecule has 2 aromatic rings. The van der Waals surface area contributed by atoms with Gasteiger partial charge in [-0.2, -0.15) is 5.10 Å². The van der Waals surface area contributed by atoms with Crippen LogP contribution >= 0.6 is 15.9 Å². The quantitative estimate of drug-likeness (QED) is 0.733. The fourth-order valence-corrected chi connectivity index (χ4v) is 1.95. The largest absolute Gasteiger partial charge is 0.468 e. The number of carbonyl (C=O) groups is 1. The predicted molar refractivity (Wildman–Crippen MR) is 62.5 cm³/mol. The van der Waals surface area contributed by atoms with Gasteiger partial charge in [0.2, 0.25) is 0 Å². The average molecular weight is 301 g/mol. The lowest BCUT2D eigenvalue weighted by Crippen LogP contribution is -2.18. The highest BCUT2D eigenvalue weighted by atomic mass is 79.9. The van der Waals surface area contributed by atoms with Crippen LogP contribution in [0.5, 0.6) is 0 Å². The Balaban J connectivity index is 2.64. The van der Waals surface area contributed by atoms with Crippen LogP contribution < -0.4 is 5.56 Å². The van der Waals surface area contributed by atoms with E-state index in [-0.39, 0.29) is 12.1 Å². The highest BCUT2D eigenvalue weighted by Gasteiger charge is 2.16. The van der Waals surface area contributed by atoms with Crippen molar-refractivity contribution in [3.8, 4) is 0 Å². The Morgan fingerprint density at radius 2 is 2.29 bits per heavy atom. The van der Waals surface area contributed by atoms with Gasteiger partial charge in [0.25, 0.3) is 5.56 Å². The molecule has 0 fully saturated rings. The molecule has 2 heterocycles. The van der Waals surface area contributed by atoms with Gasteiger partial charge >= 0.3 is 5.97 Å². The zero-order valence-electron chi connectivity index (χ0n) is 9.18. The van der Waals surface area contributed by atoms with E-state index in [1.165, 1.54) is 22.7 Å². The van der Waals surface area contributed by atoms with E-state index in [9.17, 15) is 9.59 Å². The third-order valence-electron chi connectivity index (χ3n) is 2.28. The lowest BCUT2D eigenvalue weighted by molar-refractivity contribution is -0.141. The number of halogens is 1. The van der Waals surface area contributed by atoms with Crippen molar-refractivity contribution in [3.05, 3.63) is 21.3 Å². The molecule has 0 spiro atoms. The second kappa shape index (κ2) is 4.28. The van der Waals surface area contributed by atoms with Gasteiger partial charge in [0, 0.05) is 7.05 Å². The van der Waals surface area contributed by atoms with Gasteiger partial charge in [-0.15, -0.1) is 0 Å². The Kier molecular flexibility index (Phi) is 2.97. The molecule has 90 valence electrons. The molecule has 0 radical (unpaired) electrons. The molecule has 0 atom stereocenters. The summed E-state index contributed by atoms with van der Waals surface area (Å²) in [7, 11) is 2.88.